The van der Waals surface area contributed by atoms with Crippen molar-refractivity contribution in [1.82, 2.24) is 15.2 Å². The van der Waals surface area contributed by atoms with Gasteiger partial charge in [0.1, 0.15) is 0 Å². The lowest BCUT2D eigenvalue weighted by molar-refractivity contribution is 0.316. The summed E-state index contributed by atoms with van der Waals surface area (Å²) in [7, 11) is 2.15. The Kier molecular flexibility index (Phi) is 6.77. The van der Waals surface area contributed by atoms with Crippen LogP contribution in [0.3, 0.4) is 0 Å². The zero-order chi connectivity index (χ0) is 11.6. The van der Waals surface area contributed by atoms with Gasteiger partial charge >= 0.3 is 0 Å². The zero-order valence-electron chi connectivity index (χ0n) is 10.4. The number of nitrogens with one attached hydrogen (secondary N) is 1. The van der Waals surface area contributed by atoms with Crippen LogP contribution in [0.2, 0.25) is 0 Å². The molecule has 0 fully saturated rings. The largest absolute Gasteiger partial charge is 0.317 e. The third kappa shape index (κ3) is 5.83. The molecule has 1 aromatic rings. The Balaban J connectivity index is 2.09. The van der Waals surface area contributed by atoms with Crippen molar-refractivity contribution in [3.8, 4) is 0 Å². The van der Waals surface area contributed by atoms with E-state index in [2.05, 4.69) is 35.2 Å². The number of nitrogens with zero attached hydrogens (tertiary/aromatic N) is 2. The van der Waals surface area contributed by atoms with Crippen molar-refractivity contribution in [3.63, 3.8) is 0 Å². The minimum absolute atomic E-state index is 0.939. The average molecular weight is 221 g/mol. The molecule has 1 rings (SSSR count). The zero-order valence-corrected chi connectivity index (χ0v) is 10.4. The van der Waals surface area contributed by atoms with Crippen molar-refractivity contribution in [1.29, 1.82) is 0 Å². The number of hydrogen-bond donors (Lipinski definition) is 1. The van der Waals surface area contributed by atoms with E-state index in [1.807, 2.05) is 18.3 Å². The maximum absolute atomic E-state index is 4.32. The summed E-state index contributed by atoms with van der Waals surface area (Å²) in [5.74, 6) is 0. The molecule has 0 aliphatic rings. The second-order valence-corrected chi connectivity index (χ2v) is 4.16. The molecular formula is C13H23N3. The van der Waals surface area contributed by atoms with Crippen LogP contribution in [0, 0.1) is 0 Å². The van der Waals surface area contributed by atoms with Gasteiger partial charge in [0.05, 0.1) is 5.69 Å². The smallest absolute Gasteiger partial charge is 0.0543 e. The van der Waals surface area contributed by atoms with E-state index in [4.69, 9.17) is 0 Å². The fraction of sp³-hybridized carbons (Fsp3) is 0.615. The quantitative estimate of drug-likeness (QED) is 0.680. The number of aromatic nitrogens is 1. The summed E-state index contributed by atoms with van der Waals surface area (Å²) in [5, 5.41) is 3.41. The van der Waals surface area contributed by atoms with Gasteiger partial charge in [0, 0.05) is 12.7 Å². The van der Waals surface area contributed by atoms with Gasteiger partial charge in [-0.2, -0.15) is 0 Å². The highest BCUT2D eigenvalue weighted by Gasteiger charge is 1.99. The molecule has 16 heavy (non-hydrogen) atoms. The lowest BCUT2D eigenvalue weighted by Crippen LogP contribution is -2.24. The van der Waals surface area contributed by atoms with Crippen LogP contribution in [0.25, 0.3) is 0 Å². The molecule has 0 radical (unpaired) electrons. The van der Waals surface area contributed by atoms with Gasteiger partial charge in [0.15, 0.2) is 0 Å². The molecule has 3 heteroatoms. The normalized spacial score (nSPS) is 10.9. The first-order chi connectivity index (χ1) is 7.83. The van der Waals surface area contributed by atoms with Crippen LogP contribution in [0.1, 0.15) is 25.5 Å². The summed E-state index contributed by atoms with van der Waals surface area (Å²) < 4.78 is 0. The third-order valence-electron chi connectivity index (χ3n) is 2.48. The van der Waals surface area contributed by atoms with Gasteiger partial charge in [-0.15, -0.1) is 0 Å². The van der Waals surface area contributed by atoms with Crippen LogP contribution in [0.15, 0.2) is 24.4 Å². The minimum Gasteiger partial charge on any atom is -0.317 e. The molecule has 1 aromatic heterocycles. The minimum atomic E-state index is 0.939. The Hall–Kier alpha value is -0.930. The van der Waals surface area contributed by atoms with Crippen LogP contribution in [0.4, 0.5) is 0 Å². The van der Waals surface area contributed by atoms with Gasteiger partial charge in [0.25, 0.3) is 0 Å². The second-order valence-electron chi connectivity index (χ2n) is 4.16. The molecule has 0 spiro atoms. The standard InChI is InChI=1S/C13H23N3/c1-3-8-14-9-6-11-16(2)12-13-7-4-5-10-15-13/h4-5,7,10,14H,3,6,8-9,11-12H2,1-2H3. The number of pyridine rings is 1. The van der Waals surface area contributed by atoms with Gasteiger partial charge in [-0.1, -0.05) is 13.0 Å². The topological polar surface area (TPSA) is 28.2 Å². The first kappa shape index (κ1) is 13.1. The molecule has 1 heterocycles. The molecule has 3 nitrogen and oxygen atoms in total. The van der Waals surface area contributed by atoms with Crippen molar-refractivity contribution >= 4 is 0 Å². The Morgan fingerprint density at radius 2 is 2.19 bits per heavy atom. The molecule has 0 unspecified atom stereocenters. The van der Waals surface area contributed by atoms with E-state index in [0.29, 0.717) is 0 Å². The average Bonchev–Trinajstić information content (AvgIpc) is 2.30. The van der Waals surface area contributed by atoms with Crippen molar-refractivity contribution < 1.29 is 0 Å². The molecule has 90 valence electrons. The molecule has 0 aromatic carbocycles. The van der Waals surface area contributed by atoms with Gasteiger partial charge in [-0.3, -0.25) is 4.98 Å². The maximum Gasteiger partial charge on any atom is 0.0543 e. The SMILES string of the molecule is CCCNCCCN(C)Cc1ccccn1. The third-order valence-corrected chi connectivity index (χ3v) is 2.48. The maximum atomic E-state index is 4.32. The molecule has 0 aliphatic heterocycles. The highest BCUT2D eigenvalue weighted by atomic mass is 15.1. The van der Waals surface area contributed by atoms with E-state index in [9.17, 15) is 0 Å². The monoisotopic (exact) mass is 221 g/mol. The Bertz CT molecular complexity index is 261. The van der Waals surface area contributed by atoms with E-state index in [1.165, 1.54) is 12.8 Å². The van der Waals surface area contributed by atoms with Crippen LogP contribution in [0.5, 0.6) is 0 Å². The molecule has 0 bridgehead atoms. The Morgan fingerprint density at radius 3 is 2.88 bits per heavy atom. The van der Waals surface area contributed by atoms with Gasteiger partial charge in [0.2, 0.25) is 0 Å². The highest BCUT2D eigenvalue weighted by molar-refractivity contribution is 5.02. The predicted molar refractivity (Wildman–Crippen MR) is 68.3 cm³/mol. The highest BCUT2D eigenvalue weighted by Crippen LogP contribution is 1.98. The van der Waals surface area contributed by atoms with Crippen LogP contribution >= 0.6 is 0 Å². The second kappa shape index (κ2) is 8.25. The lowest BCUT2D eigenvalue weighted by Gasteiger charge is -2.15. The van der Waals surface area contributed by atoms with Crippen molar-refractivity contribution in [2.24, 2.45) is 0 Å². The van der Waals surface area contributed by atoms with Crippen LogP contribution < -0.4 is 5.32 Å². The van der Waals surface area contributed by atoms with E-state index in [-0.39, 0.29) is 0 Å². The predicted octanol–water partition coefficient (Wildman–Crippen LogP) is 1.90. The fourth-order valence-corrected chi connectivity index (χ4v) is 1.62. The molecule has 0 saturated heterocycles. The van der Waals surface area contributed by atoms with Crippen molar-refractivity contribution in [3.05, 3.63) is 30.1 Å². The lowest BCUT2D eigenvalue weighted by atomic mass is 10.3. The summed E-state index contributed by atoms with van der Waals surface area (Å²) in [6.07, 6.45) is 4.26. The first-order valence-corrected chi connectivity index (χ1v) is 6.12. The summed E-state index contributed by atoms with van der Waals surface area (Å²) in [5.41, 5.74) is 1.14. The van der Waals surface area contributed by atoms with Crippen molar-refractivity contribution in [2.75, 3.05) is 26.7 Å². The Labute approximate surface area is 98.9 Å². The molecular weight excluding hydrogens is 198 g/mol. The van der Waals surface area contributed by atoms with E-state index in [1.54, 1.807) is 0 Å². The fourth-order valence-electron chi connectivity index (χ4n) is 1.62. The molecule has 0 amide bonds. The van der Waals surface area contributed by atoms with Crippen molar-refractivity contribution in [2.45, 2.75) is 26.3 Å². The van der Waals surface area contributed by atoms with Crippen LogP contribution in [-0.2, 0) is 6.54 Å². The van der Waals surface area contributed by atoms with Crippen LogP contribution in [-0.4, -0.2) is 36.6 Å². The van der Waals surface area contributed by atoms with Gasteiger partial charge in [-0.05, 0) is 51.7 Å². The molecule has 0 atom stereocenters. The molecule has 1 N–H and O–H groups in total. The van der Waals surface area contributed by atoms with E-state index < -0.39 is 0 Å². The number of hydrogen-bond acceptors (Lipinski definition) is 3. The van der Waals surface area contributed by atoms with E-state index >= 15 is 0 Å². The summed E-state index contributed by atoms with van der Waals surface area (Å²) in [6, 6.07) is 6.07. The summed E-state index contributed by atoms with van der Waals surface area (Å²) in [4.78, 5) is 6.63. The van der Waals surface area contributed by atoms with E-state index in [0.717, 1.165) is 31.9 Å². The number of rotatable bonds is 8. The Morgan fingerprint density at radius 1 is 1.31 bits per heavy atom. The van der Waals surface area contributed by atoms with Gasteiger partial charge in [-0.25, -0.2) is 0 Å². The summed E-state index contributed by atoms with van der Waals surface area (Å²) in [6.45, 7) is 6.49. The summed E-state index contributed by atoms with van der Waals surface area (Å²) >= 11 is 0. The molecule has 0 saturated carbocycles. The van der Waals surface area contributed by atoms with Gasteiger partial charge < -0.3 is 10.2 Å². The molecule has 0 aliphatic carbocycles. The first-order valence-electron chi connectivity index (χ1n) is 6.12.